The molecule has 6 heavy (non-hydrogen) atoms. The number of hydrogen-bond donors (Lipinski definition) is 0. The molecule has 0 atom stereocenters. The van der Waals surface area contributed by atoms with E-state index >= 15 is 0 Å². The third-order valence-corrected chi connectivity index (χ3v) is 6.44. The zero-order valence-corrected chi connectivity index (χ0v) is 7.26. The molecule has 0 aromatic heterocycles. The van der Waals surface area contributed by atoms with Crippen molar-refractivity contribution in [3.8, 4) is 0 Å². The van der Waals surface area contributed by atoms with Crippen molar-refractivity contribution >= 4 is 50.9 Å². The van der Waals surface area contributed by atoms with Crippen molar-refractivity contribution in [1.29, 1.82) is 0 Å². The lowest BCUT2D eigenvalue weighted by Gasteiger charge is -1.87. The minimum absolute atomic E-state index is 0.327. The van der Waals surface area contributed by atoms with Crippen molar-refractivity contribution in [2.75, 3.05) is 4.17 Å². The van der Waals surface area contributed by atoms with Crippen molar-refractivity contribution in [2.45, 2.75) is 0 Å². The molecule has 0 aliphatic rings. The van der Waals surface area contributed by atoms with Crippen LogP contribution in [0.15, 0.2) is 0 Å². The fourth-order valence-corrected chi connectivity index (χ4v) is 0. The van der Waals surface area contributed by atoms with Crippen molar-refractivity contribution in [3.63, 3.8) is 0 Å². The summed E-state index contributed by atoms with van der Waals surface area (Å²) in [5.74, 6) is -2.72. The molecule has 0 saturated carbocycles. The molecule has 0 amide bonds. The van der Waals surface area contributed by atoms with Crippen LogP contribution in [0.2, 0.25) is 0 Å². The van der Waals surface area contributed by atoms with Crippen LogP contribution in [0.25, 0.3) is 0 Å². The van der Waals surface area contributed by atoms with Gasteiger partial charge in [0.15, 0.2) is 0 Å². The largest absolute Gasteiger partial charge is 0.288 e. The zero-order chi connectivity index (χ0) is 5.21. The maximum atomic E-state index is 10.1. The van der Waals surface area contributed by atoms with Gasteiger partial charge in [-0.05, 0) is 22.5 Å². The lowest BCUT2D eigenvalue weighted by molar-refractivity contribution is 0.595. The Hall–Kier alpha value is 1.54. The minimum atomic E-state index is -2.72. The maximum absolute atomic E-state index is 10.1. The van der Waals surface area contributed by atoms with Crippen LogP contribution < -0.4 is 0 Å². The quantitative estimate of drug-likeness (QED) is 0.401. The molecule has 0 saturated heterocycles. The lowest BCUT2D eigenvalue weighted by atomic mass is 11.9. The predicted molar refractivity (Wildman–Crippen MR) is 38.2 cm³/mol. The van der Waals surface area contributed by atoms with Crippen LogP contribution in [0.4, 0.5) is 0 Å². The predicted octanol–water partition coefficient (Wildman–Crippen LogP) is 3.05. The third kappa shape index (κ3) is 5.54. The average molecular weight is 259 g/mol. The van der Waals surface area contributed by atoms with E-state index in [0.29, 0.717) is 4.17 Å². The molecular formula is CH2Cl2IOP. The second kappa shape index (κ2) is 2.75. The van der Waals surface area contributed by atoms with E-state index in [9.17, 15) is 4.57 Å². The number of alkyl halides is 1. The van der Waals surface area contributed by atoms with Crippen molar-refractivity contribution in [1.82, 2.24) is 0 Å². The van der Waals surface area contributed by atoms with Crippen LogP contribution in [0, 0.1) is 0 Å². The van der Waals surface area contributed by atoms with E-state index in [-0.39, 0.29) is 0 Å². The Morgan fingerprint density at radius 1 is 1.67 bits per heavy atom. The summed E-state index contributed by atoms with van der Waals surface area (Å²) < 4.78 is 10.4. The Bertz CT molecular complexity index is 77.6. The van der Waals surface area contributed by atoms with Gasteiger partial charge in [0, 0.05) is 0 Å². The van der Waals surface area contributed by atoms with Gasteiger partial charge < -0.3 is 0 Å². The zero-order valence-electron chi connectivity index (χ0n) is 2.70. The average Bonchev–Trinajstić information content (AvgIpc) is 1.35. The SMILES string of the molecule is O=P(Cl)(Cl)CI. The van der Waals surface area contributed by atoms with Crippen LogP contribution in [-0.4, -0.2) is 4.17 Å². The highest BCUT2D eigenvalue weighted by Gasteiger charge is 2.08. The molecule has 0 radical (unpaired) electrons. The second-order valence-electron chi connectivity index (χ2n) is 0.690. The number of halogens is 3. The topological polar surface area (TPSA) is 17.1 Å². The first-order valence-electron chi connectivity index (χ1n) is 1.10. The standard InChI is InChI=1S/CH2Cl2IOP/c2-6(3,5)1-4/h1H2. The van der Waals surface area contributed by atoms with Crippen LogP contribution in [0.5, 0.6) is 0 Å². The minimum Gasteiger partial charge on any atom is -0.288 e. The van der Waals surface area contributed by atoms with Gasteiger partial charge >= 0.3 is 0 Å². The molecule has 0 heterocycles. The summed E-state index contributed by atoms with van der Waals surface area (Å²) >= 11 is 11.9. The summed E-state index contributed by atoms with van der Waals surface area (Å²) in [6.07, 6.45) is 0. The third-order valence-electron chi connectivity index (χ3n) is 0.139. The molecule has 38 valence electrons. The van der Waals surface area contributed by atoms with Gasteiger partial charge in [-0.2, -0.15) is 0 Å². The maximum Gasteiger partial charge on any atom is 0.262 e. The molecule has 0 aliphatic heterocycles. The summed E-state index contributed by atoms with van der Waals surface area (Å²) in [5, 5.41) is 0. The van der Waals surface area contributed by atoms with Gasteiger partial charge in [-0.15, -0.1) is 0 Å². The van der Waals surface area contributed by atoms with E-state index in [1.807, 2.05) is 22.6 Å². The smallest absolute Gasteiger partial charge is 0.262 e. The molecule has 5 heteroatoms. The Labute approximate surface area is 59.5 Å². The summed E-state index contributed by atoms with van der Waals surface area (Å²) in [6.45, 7) is 0. The van der Waals surface area contributed by atoms with E-state index in [2.05, 4.69) is 0 Å². The van der Waals surface area contributed by atoms with Gasteiger partial charge in [-0.25, -0.2) is 0 Å². The fourth-order valence-electron chi connectivity index (χ4n) is 0. The normalized spacial score (nSPS) is 11.8. The fraction of sp³-hybridized carbons (Fsp3) is 1.00. The van der Waals surface area contributed by atoms with E-state index in [1.165, 1.54) is 0 Å². The number of rotatable bonds is 1. The molecule has 0 spiro atoms. The molecule has 0 aromatic rings. The molecule has 0 rings (SSSR count). The monoisotopic (exact) mass is 258 g/mol. The summed E-state index contributed by atoms with van der Waals surface area (Å²) in [7, 11) is 0. The number of hydrogen-bond acceptors (Lipinski definition) is 1. The molecule has 0 N–H and O–H groups in total. The van der Waals surface area contributed by atoms with Crippen molar-refractivity contribution in [2.24, 2.45) is 0 Å². The summed E-state index contributed by atoms with van der Waals surface area (Å²) in [5.41, 5.74) is 0. The van der Waals surface area contributed by atoms with Gasteiger partial charge in [0.1, 0.15) is 0 Å². The van der Waals surface area contributed by atoms with E-state index in [4.69, 9.17) is 22.5 Å². The molecule has 0 fully saturated rings. The van der Waals surface area contributed by atoms with Crippen molar-refractivity contribution in [3.05, 3.63) is 0 Å². The van der Waals surface area contributed by atoms with Crippen molar-refractivity contribution < 1.29 is 4.57 Å². The summed E-state index contributed by atoms with van der Waals surface area (Å²) in [6, 6.07) is 0. The van der Waals surface area contributed by atoms with Crippen LogP contribution in [-0.2, 0) is 4.57 Å². The molecule has 0 unspecified atom stereocenters. The Morgan fingerprint density at radius 3 is 1.83 bits per heavy atom. The molecule has 1 nitrogen and oxygen atoms in total. The molecule has 0 aliphatic carbocycles. The van der Waals surface area contributed by atoms with Crippen LogP contribution in [0.1, 0.15) is 0 Å². The van der Waals surface area contributed by atoms with Gasteiger partial charge in [0.05, 0.1) is 4.17 Å². The molecule has 0 aromatic carbocycles. The van der Waals surface area contributed by atoms with Gasteiger partial charge in [-0.3, -0.25) is 4.57 Å². The second-order valence-corrected chi connectivity index (χ2v) is 7.91. The summed E-state index contributed by atoms with van der Waals surface area (Å²) in [4.78, 5) is 0. The van der Waals surface area contributed by atoms with Crippen LogP contribution >= 0.6 is 50.9 Å². The first-order chi connectivity index (χ1) is 2.56. The van der Waals surface area contributed by atoms with Gasteiger partial charge in [-0.1, -0.05) is 22.6 Å². The van der Waals surface area contributed by atoms with E-state index in [1.54, 1.807) is 0 Å². The highest BCUT2D eigenvalue weighted by Crippen LogP contribution is 2.57. The Balaban J connectivity index is 3.48. The molecule has 0 bridgehead atoms. The van der Waals surface area contributed by atoms with E-state index < -0.39 is 5.85 Å². The van der Waals surface area contributed by atoms with Crippen LogP contribution in [0.3, 0.4) is 0 Å². The van der Waals surface area contributed by atoms with Gasteiger partial charge in [0.2, 0.25) is 0 Å². The molecular weight excluding hydrogens is 257 g/mol. The van der Waals surface area contributed by atoms with E-state index in [0.717, 1.165) is 0 Å². The highest BCUT2D eigenvalue weighted by molar-refractivity contribution is 14.1. The highest BCUT2D eigenvalue weighted by atomic mass is 127. The Kier molecular flexibility index (Phi) is 3.46. The first kappa shape index (κ1) is 7.54. The van der Waals surface area contributed by atoms with Gasteiger partial charge in [0.25, 0.3) is 5.85 Å². The Morgan fingerprint density at radius 2 is 1.83 bits per heavy atom. The first-order valence-corrected chi connectivity index (χ1v) is 6.33. The lowest BCUT2D eigenvalue weighted by Crippen LogP contribution is -1.52.